The number of allylic oxidation sites excluding steroid dienone is 1. The van der Waals surface area contributed by atoms with E-state index in [0.717, 1.165) is 37.0 Å². The number of aliphatic hydroxyl groups is 2. The second kappa shape index (κ2) is 7.82. The Morgan fingerprint density at radius 3 is 2.70 bits per heavy atom. The van der Waals surface area contributed by atoms with Gasteiger partial charge in [0.15, 0.2) is 0 Å². The fraction of sp³-hybridized carbons (Fsp3) is 0.438. The summed E-state index contributed by atoms with van der Waals surface area (Å²) in [5.74, 6) is 0. The Bertz CT molecular complexity index is 468. The SMILES string of the molecule is OCC(O)CO/N=C1\CCCC\C1=C/c1ccccc1. The van der Waals surface area contributed by atoms with Gasteiger partial charge >= 0.3 is 0 Å². The molecule has 1 aromatic carbocycles. The van der Waals surface area contributed by atoms with E-state index in [9.17, 15) is 5.11 Å². The molecule has 2 rings (SSSR count). The number of aliphatic hydroxyl groups excluding tert-OH is 2. The predicted molar refractivity (Wildman–Crippen MR) is 79.4 cm³/mol. The van der Waals surface area contributed by atoms with Gasteiger partial charge in [-0.1, -0.05) is 35.5 Å². The minimum atomic E-state index is -0.871. The van der Waals surface area contributed by atoms with Crippen LogP contribution < -0.4 is 0 Å². The van der Waals surface area contributed by atoms with Crippen LogP contribution in [0.15, 0.2) is 41.1 Å². The Kier molecular flexibility index (Phi) is 5.77. The van der Waals surface area contributed by atoms with Crippen molar-refractivity contribution in [3.63, 3.8) is 0 Å². The second-order valence-electron chi connectivity index (χ2n) is 4.96. The van der Waals surface area contributed by atoms with E-state index in [1.165, 1.54) is 5.57 Å². The topological polar surface area (TPSA) is 62.0 Å². The summed E-state index contributed by atoms with van der Waals surface area (Å²) in [6.07, 6.45) is 5.44. The third-order valence-corrected chi connectivity index (χ3v) is 3.27. The first kappa shape index (κ1) is 14.8. The largest absolute Gasteiger partial charge is 0.394 e. The zero-order valence-corrected chi connectivity index (χ0v) is 11.5. The maximum absolute atomic E-state index is 9.23. The van der Waals surface area contributed by atoms with Gasteiger partial charge in [-0.2, -0.15) is 0 Å². The lowest BCUT2D eigenvalue weighted by molar-refractivity contribution is 0.00811. The lowest BCUT2D eigenvalue weighted by Crippen LogP contribution is -2.19. The minimum Gasteiger partial charge on any atom is -0.394 e. The highest BCUT2D eigenvalue weighted by Crippen LogP contribution is 2.23. The van der Waals surface area contributed by atoms with Crippen molar-refractivity contribution in [2.75, 3.05) is 13.2 Å². The summed E-state index contributed by atoms with van der Waals surface area (Å²) in [5.41, 5.74) is 3.30. The first-order chi connectivity index (χ1) is 9.79. The normalized spacial score (nSPS) is 21.1. The van der Waals surface area contributed by atoms with Gasteiger partial charge in [0, 0.05) is 0 Å². The van der Waals surface area contributed by atoms with Gasteiger partial charge in [-0.3, -0.25) is 0 Å². The Hall–Kier alpha value is -1.65. The van der Waals surface area contributed by atoms with E-state index in [-0.39, 0.29) is 13.2 Å². The molecule has 1 atom stereocenters. The van der Waals surface area contributed by atoms with Crippen LogP contribution in [0.5, 0.6) is 0 Å². The molecular weight excluding hydrogens is 254 g/mol. The van der Waals surface area contributed by atoms with Crippen molar-refractivity contribution in [1.82, 2.24) is 0 Å². The molecule has 0 saturated heterocycles. The lowest BCUT2D eigenvalue weighted by atomic mass is 9.91. The first-order valence-electron chi connectivity index (χ1n) is 7.03. The van der Waals surface area contributed by atoms with Gasteiger partial charge in [0.25, 0.3) is 0 Å². The average molecular weight is 275 g/mol. The fourth-order valence-corrected chi connectivity index (χ4v) is 2.18. The van der Waals surface area contributed by atoms with Crippen LogP contribution in [0.25, 0.3) is 6.08 Å². The van der Waals surface area contributed by atoms with E-state index >= 15 is 0 Å². The number of oxime groups is 1. The molecule has 1 aromatic rings. The summed E-state index contributed by atoms with van der Waals surface area (Å²) in [6, 6.07) is 10.2. The molecule has 0 aromatic heterocycles. The van der Waals surface area contributed by atoms with Crippen molar-refractivity contribution < 1.29 is 15.1 Å². The van der Waals surface area contributed by atoms with Gasteiger partial charge in [0.2, 0.25) is 0 Å². The molecule has 1 aliphatic rings. The summed E-state index contributed by atoms with van der Waals surface area (Å²) in [4.78, 5) is 5.13. The zero-order valence-electron chi connectivity index (χ0n) is 11.5. The maximum atomic E-state index is 9.23. The van der Waals surface area contributed by atoms with Crippen LogP contribution in [0, 0.1) is 0 Å². The van der Waals surface area contributed by atoms with Crippen molar-refractivity contribution >= 4 is 11.8 Å². The molecule has 0 amide bonds. The van der Waals surface area contributed by atoms with Crippen molar-refractivity contribution in [2.45, 2.75) is 31.8 Å². The number of benzene rings is 1. The van der Waals surface area contributed by atoms with E-state index < -0.39 is 6.10 Å². The number of hydrogen-bond donors (Lipinski definition) is 2. The molecule has 4 heteroatoms. The highest BCUT2D eigenvalue weighted by molar-refractivity contribution is 6.03. The molecule has 108 valence electrons. The Balaban J connectivity index is 2.05. The van der Waals surface area contributed by atoms with Crippen LogP contribution in [0.4, 0.5) is 0 Å². The molecule has 2 N–H and O–H groups in total. The van der Waals surface area contributed by atoms with Crippen LogP contribution in [0.2, 0.25) is 0 Å². The fourth-order valence-electron chi connectivity index (χ4n) is 2.18. The van der Waals surface area contributed by atoms with Gasteiger partial charge in [-0.25, -0.2) is 0 Å². The molecule has 0 aliphatic heterocycles. The summed E-state index contributed by atoms with van der Waals surface area (Å²) < 4.78 is 0. The quantitative estimate of drug-likeness (QED) is 0.811. The van der Waals surface area contributed by atoms with Gasteiger partial charge in [-0.15, -0.1) is 0 Å². The molecule has 1 saturated carbocycles. The lowest BCUT2D eigenvalue weighted by Gasteiger charge is -2.17. The highest BCUT2D eigenvalue weighted by Gasteiger charge is 2.14. The van der Waals surface area contributed by atoms with Gasteiger partial charge < -0.3 is 15.1 Å². The van der Waals surface area contributed by atoms with E-state index in [4.69, 9.17) is 9.94 Å². The summed E-state index contributed by atoms with van der Waals surface area (Å²) in [6.45, 7) is -0.282. The second-order valence-corrected chi connectivity index (χ2v) is 4.96. The molecule has 1 fully saturated rings. The van der Waals surface area contributed by atoms with Crippen LogP contribution in [-0.2, 0) is 4.84 Å². The zero-order chi connectivity index (χ0) is 14.2. The standard InChI is InChI=1S/C16H21NO3/c18-11-15(19)12-20-17-16-9-5-4-8-14(16)10-13-6-2-1-3-7-13/h1-3,6-7,10,15,18-19H,4-5,8-9,11-12H2/b14-10+,17-16+. The third kappa shape index (κ3) is 4.47. The molecule has 4 nitrogen and oxygen atoms in total. The Morgan fingerprint density at radius 1 is 1.20 bits per heavy atom. The number of rotatable bonds is 5. The minimum absolute atomic E-state index is 0.0264. The highest BCUT2D eigenvalue weighted by atomic mass is 16.6. The van der Waals surface area contributed by atoms with Gasteiger partial charge in [-0.05, 0) is 42.9 Å². The van der Waals surface area contributed by atoms with Crippen molar-refractivity contribution in [1.29, 1.82) is 0 Å². The van der Waals surface area contributed by atoms with Crippen molar-refractivity contribution in [2.24, 2.45) is 5.16 Å². The number of hydrogen-bond acceptors (Lipinski definition) is 4. The molecule has 0 heterocycles. The Labute approximate surface area is 119 Å². The smallest absolute Gasteiger partial charge is 0.145 e. The van der Waals surface area contributed by atoms with Crippen LogP contribution in [0.3, 0.4) is 0 Å². The van der Waals surface area contributed by atoms with Gasteiger partial charge in [0.1, 0.15) is 12.7 Å². The molecule has 0 spiro atoms. The van der Waals surface area contributed by atoms with E-state index in [0.29, 0.717) is 0 Å². The Morgan fingerprint density at radius 2 is 1.95 bits per heavy atom. The number of nitrogens with zero attached hydrogens (tertiary/aromatic N) is 1. The maximum Gasteiger partial charge on any atom is 0.145 e. The van der Waals surface area contributed by atoms with Crippen molar-refractivity contribution in [3.8, 4) is 0 Å². The molecule has 1 aliphatic carbocycles. The van der Waals surface area contributed by atoms with Crippen molar-refractivity contribution in [3.05, 3.63) is 41.5 Å². The molecular formula is C16H21NO3. The first-order valence-corrected chi connectivity index (χ1v) is 7.03. The van der Waals surface area contributed by atoms with E-state index in [1.807, 2.05) is 18.2 Å². The summed E-state index contributed by atoms with van der Waals surface area (Å²) >= 11 is 0. The molecule has 1 unspecified atom stereocenters. The molecule has 20 heavy (non-hydrogen) atoms. The van der Waals surface area contributed by atoms with E-state index in [1.54, 1.807) is 0 Å². The van der Waals surface area contributed by atoms with Crippen LogP contribution in [0.1, 0.15) is 31.2 Å². The third-order valence-electron chi connectivity index (χ3n) is 3.27. The summed E-state index contributed by atoms with van der Waals surface area (Å²) in [7, 11) is 0. The average Bonchev–Trinajstić information content (AvgIpc) is 2.50. The van der Waals surface area contributed by atoms with E-state index in [2.05, 4.69) is 23.4 Å². The van der Waals surface area contributed by atoms with Gasteiger partial charge in [0.05, 0.1) is 12.3 Å². The molecule has 0 radical (unpaired) electrons. The van der Waals surface area contributed by atoms with Crippen LogP contribution >= 0.6 is 0 Å². The van der Waals surface area contributed by atoms with Crippen LogP contribution in [-0.4, -0.2) is 35.2 Å². The predicted octanol–water partition coefficient (Wildman–Crippen LogP) is 2.37. The monoisotopic (exact) mass is 275 g/mol. The molecule has 0 bridgehead atoms. The summed E-state index contributed by atoms with van der Waals surface area (Å²) in [5, 5.41) is 22.1.